The lowest BCUT2D eigenvalue weighted by atomic mass is 10.2. The largest absolute Gasteiger partial charge is 0.484 e. The van der Waals surface area contributed by atoms with Crippen molar-refractivity contribution < 1.29 is 13.9 Å². The van der Waals surface area contributed by atoms with Crippen molar-refractivity contribution in [2.24, 2.45) is 0 Å². The summed E-state index contributed by atoms with van der Waals surface area (Å²) in [6.45, 7) is 4.30. The zero-order valence-electron chi connectivity index (χ0n) is 11.5. The number of carbonyl (C=O) groups excluding carboxylic acids is 1. The van der Waals surface area contributed by atoms with Crippen molar-refractivity contribution >= 4 is 5.91 Å². The molecule has 0 aliphatic heterocycles. The van der Waals surface area contributed by atoms with E-state index in [0.717, 1.165) is 17.0 Å². The van der Waals surface area contributed by atoms with Gasteiger partial charge in [-0.15, -0.1) is 0 Å². The zero-order chi connectivity index (χ0) is 14.5. The van der Waals surface area contributed by atoms with Gasteiger partial charge in [-0.25, -0.2) is 4.39 Å². The second-order valence-corrected chi connectivity index (χ2v) is 4.62. The summed E-state index contributed by atoms with van der Waals surface area (Å²) in [6, 6.07) is 7.55. The molecule has 0 aliphatic rings. The van der Waals surface area contributed by atoms with Crippen LogP contribution in [-0.2, 0) is 11.3 Å². The van der Waals surface area contributed by atoms with E-state index in [-0.39, 0.29) is 18.3 Å². The Hall–Kier alpha value is -2.30. The molecule has 1 aromatic heterocycles. The highest BCUT2D eigenvalue weighted by Gasteiger charge is 2.06. The molecule has 2 N–H and O–H groups in total. The van der Waals surface area contributed by atoms with Crippen LogP contribution >= 0.6 is 0 Å². The molecule has 0 bridgehead atoms. The minimum absolute atomic E-state index is 0.0892. The summed E-state index contributed by atoms with van der Waals surface area (Å²) < 4.78 is 18.0. The minimum atomic E-state index is -0.333. The lowest BCUT2D eigenvalue weighted by molar-refractivity contribution is -0.123. The van der Waals surface area contributed by atoms with Gasteiger partial charge in [-0.1, -0.05) is 0 Å². The number of H-pyrrole nitrogens is 1. The predicted molar refractivity (Wildman–Crippen MR) is 74.0 cm³/mol. The molecular formula is C15H17FN2O2. The Labute approximate surface area is 117 Å². The molecule has 4 nitrogen and oxygen atoms in total. The van der Waals surface area contributed by atoms with Gasteiger partial charge in [0.2, 0.25) is 0 Å². The number of hydrogen-bond acceptors (Lipinski definition) is 2. The molecule has 0 unspecified atom stereocenters. The fraction of sp³-hybridized carbons (Fsp3) is 0.267. The van der Waals surface area contributed by atoms with Gasteiger partial charge in [0.05, 0.1) is 0 Å². The van der Waals surface area contributed by atoms with Crippen LogP contribution in [0.3, 0.4) is 0 Å². The van der Waals surface area contributed by atoms with E-state index in [1.807, 2.05) is 19.9 Å². The molecule has 2 rings (SSSR count). The fourth-order valence-electron chi connectivity index (χ4n) is 1.89. The van der Waals surface area contributed by atoms with Crippen LogP contribution in [0.25, 0.3) is 0 Å². The molecule has 0 aliphatic carbocycles. The number of aromatic nitrogens is 1. The number of amides is 1. The van der Waals surface area contributed by atoms with Crippen molar-refractivity contribution in [3.63, 3.8) is 0 Å². The van der Waals surface area contributed by atoms with Crippen molar-refractivity contribution in [1.82, 2.24) is 10.3 Å². The summed E-state index contributed by atoms with van der Waals surface area (Å²) in [6.07, 6.45) is 0. The smallest absolute Gasteiger partial charge is 0.258 e. The molecular weight excluding hydrogens is 259 g/mol. The SMILES string of the molecule is Cc1cc(CNC(=O)COc2ccc(F)cc2)c(C)[nH]1. The number of carbonyl (C=O) groups is 1. The first-order chi connectivity index (χ1) is 9.54. The monoisotopic (exact) mass is 276 g/mol. The Morgan fingerprint density at radius 1 is 1.30 bits per heavy atom. The Bertz CT molecular complexity index is 590. The highest BCUT2D eigenvalue weighted by Crippen LogP contribution is 2.11. The molecule has 0 saturated heterocycles. The third-order valence-corrected chi connectivity index (χ3v) is 2.92. The van der Waals surface area contributed by atoms with E-state index in [1.165, 1.54) is 24.3 Å². The maximum Gasteiger partial charge on any atom is 0.258 e. The maximum atomic E-state index is 12.7. The number of hydrogen-bond donors (Lipinski definition) is 2. The van der Waals surface area contributed by atoms with E-state index in [4.69, 9.17) is 4.74 Å². The normalized spacial score (nSPS) is 10.3. The van der Waals surface area contributed by atoms with Crippen molar-refractivity contribution in [2.45, 2.75) is 20.4 Å². The van der Waals surface area contributed by atoms with E-state index in [9.17, 15) is 9.18 Å². The van der Waals surface area contributed by atoms with Crippen LogP contribution in [0.15, 0.2) is 30.3 Å². The number of ether oxygens (including phenoxy) is 1. The van der Waals surface area contributed by atoms with Gasteiger partial charge in [0.1, 0.15) is 11.6 Å². The molecule has 1 heterocycles. The second-order valence-electron chi connectivity index (χ2n) is 4.62. The molecule has 5 heteroatoms. The first-order valence-electron chi connectivity index (χ1n) is 6.35. The summed E-state index contributed by atoms with van der Waals surface area (Å²) in [5.74, 6) is -0.0806. The van der Waals surface area contributed by atoms with Gasteiger partial charge in [0.25, 0.3) is 5.91 Å². The van der Waals surface area contributed by atoms with Gasteiger partial charge in [0.15, 0.2) is 6.61 Å². The van der Waals surface area contributed by atoms with E-state index in [1.54, 1.807) is 0 Å². The third kappa shape index (κ3) is 3.85. The Balaban J connectivity index is 1.78. The van der Waals surface area contributed by atoms with Crippen LogP contribution in [0.4, 0.5) is 4.39 Å². The summed E-state index contributed by atoms with van der Waals surface area (Å²) in [5.41, 5.74) is 3.16. The fourth-order valence-corrected chi connectivity index (χ4v) is 1.89. The highest BCUT2D eigenvalue weighted by molar-refractivity contribution is 5.77. The summed E-state index contributed by atoms with van der Waals surface area (Å²) in [7, 11) is 0. The summed E-state index contributed by atoms with van der Waals surface area (Å²) >= 11 is 0. The number of aromatic amines is 1. The van der Waals surface area contributed by atoms with Gasteiger partial charge >= 0.3 is 0 Å². The standard InChI is InChI=1S/C15H17FN2O2/c1-10-7-12(11(2)18-10)8-17-15(19)9-20-14-5-3-13(16)4-6-14/h3-7,18H,8-9H2,1-2H3,(H,17,19). The van der Waals surface area contributed by atoms with Crippen LogP contribution in [0.5, 0.6) is 5.75 Å². The summed E-state index contributed by atoms with van der Waals surface area (Å²) in [5, 5.41) is 2.78. The van der Waals surface area contributed by atoms with Crippen LogP contribution < -0.4 is 10.1 Å². The lowest BCUT2D eigenvalue weighted by Gasteiger charge is -2.07. The van der Waals surface area contributed by atoms with Crippen LogP contribution in [-0.4, -0.2) is 17.5 Å². The van der Waals surface area contributed by atoms with Crippen LogP contribution in [0.2, 0.25) is 0 Å². The highest BCUT2D eigenvalue weighted by atomic mass is 19.1. The van der Waals surface area contributed by atoms with Gasteiger partial charge in [-0.3, -0.25) is 4.79 Å². The number of aryl methyl sites for hydroxylation is 2. The molecule has 0 fully saturated rings. The Morgan fingerprint density at radius 2 is 2.00 bits per heavy atom. The number of halogens is 1. The average Bonchev–Trinajstić information content (AvgIpc) is 2.74. The maximum absolute atomic E-state index is 12.7. The van der Waals surface area contributed by atoms with E-state index in [0.29, 0.717) is 12.3 Å². The molecule has 1 aromatic carbocycles. The van der Waals surface area contributed by atoms with Gasteiger partial charge in [-0.05, 0) is 49.7 Å². The Morgan fingerprint density at radius 3 is 2.60 bits per heavy atom. The second kappa shape index (κ2) is 6.23. The lowest BCUT2D eigenvalue weighted by Crippen LogP contribution is -2.28. The molecule has 1 amide bonds. The van der Waals surface area contributed by atoms with E-state index in [2.05, 4.69) is 10.3 Å². The molecule has 0 spiro atoms. The average molecular weight is 276 g/mol. The van der Waals surface area contributed by atoms with Crippen LogP contribution in [0.1, 0.15) is 17.0 Å². The van der Waals surface area contributed by atoms with Gasteiger partial charge in [0, 0.05) is 17.9 Å². The predicted octanol–water partition coefficient (Wildman–Crippen LogP) is 2.47. The molecule has 0 saturated carbocycles. The molecule has 20 heavy (non-hydrogen) atoms. The van der Waals surface area contributed by atoms with E-state index >= 15 is 0 Å². The van der Waals surface area contributed by atoms with Gasteiger partial charge in [-0.2, -0.15) is 0 Å². The minimum Gasteiger partial charge on any atom is -0.484 e. The van der Waals surface area contributed by atoms with Crippen molar-refractivity contribution in [3.05, 3.63) is 53.1 Å². The zero-order valence-corrected chi connectivity index (χ0v) is 11.5. The van der Waals surface area contributed by atoms with Crippen molar-refractivity contribution in [1.29, 1.82) is 0 Å². The molecule has 0 radical (unpaired) electrons. The van der Waals surface area contributed by atoms with Crippen molar-refractivity contribution in [3.8, 4) is 5.75 Å². The molecule has 2 aromatic rings. The number of nitrogens with one attached hydrogen (secondary N) is 2. The first-order valence-corrected chi connectivity index (χ1v) is 6.35. The number of rotatable bonds is 5. The molecule has 106 valence electrons. The quantitative estimate of drug-likeness (QED) is 0.881. The van der Waals surface area contributed by atoms with E-state index < -0.39 is 0 Å². The summed E-state index contributed by atoms with van der Waals surface area (Å²) in [4.78, 5) is 14.8. The molecule has 0 atom stereocenters. The van der Waals surface area contributed by atoms with Crippen molar-refractivity contribution in [2.75, 3.05) is 6.61 Å². The first kappa shape index (κ1) is 14.1. The Kier molecular flexibility index (Phi) is 4.40. The topological polar surface area (TPSA) is 54.1 Å². The van der Waals surface area contributed by atoms with Gasteiger partial charge < -0.3 is 15.0 Å². The van der Waals surface area contributed by atoms with Crippen LogP contribution in [0, 0.1) is 19.7 Å². The third-order valence-electron chi connectivity index (χ3n) is 2.92. The number of benzene rings is 1.